The van der Waals surface area contributed by atoms with Crippen LogP contribution in [-0.4, -0.2) is 25.2 Å². The maximum Gasteiger partial charge on any atom is 0.215 e. The molecule has 1 saturated heterocycles. The van der Waals surface area contributed by atoms with Crippen molar-refractivity contribution in [1.82, 2.24) is 4.98 Å². The van der Waals surface area contributed by atoms with Crippen molar-refractivity contribution in [2.45, 2.75) is 26.7 Å². The summed E-state index contributed by atoms with van der Waals surface area (Å²) >= 11 is 0. The molecule has 2 rings (SSSR count). The molecule has 0 spiro atoms. The zero-order valence-corrected chi connectivity index (χ0v) is 10.9. The lowest BCUT2D eigenvalue weighted by atomic mass is 9.83. The number of ether oxygens (including phenoxy) is 1. The van der Waals surface area contributed by atoms with Crippen LogP contribution in [0.1, 0.15) is 26.7 Å². The smallest absolute Gasteiger partial charge is 0.215 e. The maximum atomic E-state index is 5.98. The van der Waals surface area contributed by atoms with Crippen LogP contribution >= 0.6 is 0 Å². The van der Waals surface area contributed by atoms with Gasteiger partial charge in [-0.3, -0.25) is 0 Å². The van der Waals surface area contributed by atoms with E-state index in [9.17, 15) is 0 Å². The third kappa shape index (κ3) is 2.62. The van der Waals surface area contributed by atoms with Crippen molar-refractivity contribution in [1.29, 1.82) is 0 Å². The highest BCUT2D eigenvalue weighted by Gasteiger charge is 2.26. The first-order valence-electron chi connectivity index (χ1n) is 6.07. The standard InChI is InChI=1S/C13H21N3O/c1-13(2)6-8-16(9-7-13)12-10(14)4-5-11(15-12)17-3/h4-5H,6-9,14H2,1-3H3. The van der Waals surface area contributed by atoms with Crippen molar-refractivity contribution in [3.63, 3.8) is 0 Å². The largest absolute Gasteiger partial charge is 0.481 e. The van der Waals surface area contributed by atoms with Crippen LogP contribution < -0.4 is 15.4 Å². The molecule has 0 bridgehead atoms. The molecule has 4 heteroatoms. The second-order valence-corrected chi connectivity index (χ2v) is 5.42. The minimum atomic E-state index is 0.435. The summed E-state index contributed by atoms with van der Waals surface area (Å²) < 4.78 is 5.15. The molecule has 94 valence electrons. The van der Waals surface area contributed by atoms with Crippen LogP contribution in [0.4, 0.5) is 11.5 Å². The molecule has 1 aliphatic rings. The number of hydrogen-bond acceptors (Lipinski definition) is 4. The van der Waals surface area contributed by atoms with Crippen LogP contribution in [0.15, 0.2) is 12.1 Å². The Morgan fingerprint density at radius 1 is 1.29 bits per heavy atom. The molecule has 1 aromatic heterocycles. The van der Waals surface area contributed by atoms with Crippen LogP contribution in [0.3, 0.4) is 0 Å². The quantitative estimate of drug-likeness (QED) is 0.854. The van der Waals surface area contributed by atoms with Gasteiger partial charge in [0.25, 0.3) is 0 Å². The first-order chi connectivity index (χ1) is 8.02. The normalized spacial score (nSPS) is 19.1. The van der Waals surface area contributed by atoms with E-state index in [0.717, 1.165) is 24.6 Å². The molecule has 2 heterocycles. The van der Waals surface area contributed by atoms with Gasteiger partial charge in [-0.1, -0.05) is 13.8 Å². The number of pyridine rings is 1. The Morgan fingerprint density at radius 3 is 2.53 bits per heavy atom. The van der Waals surface area contributed by atoms with Gasteiger partial charge in [-0.15, -0.1) is 0 Å². The van der Waals surface area contributed by atoms with E-state index in [1.165, 1.54) is 12.8 Å². The van der Waals surface area contributed by atoms with Gasteiger partial charge in [0, 0.05) is 19.2 Å². The number of nitrogens with zero attached hydrogens (tertiary/aromatic N) is 2. The number of nitrogens with two attached hydrogens (primary N) is 1. The van der Waals surface area contributed by atoms with Gasteiger partial charge >= 0.3 is 0 Å². The fraction of sp³-hybridized carbons (Fsp3) is 0.615. The Morgan fingerprint density at radius 2 is 1.94 bits per heavy atom. The van der Waals surface area contributed by atoms with E-state index in [4.69, 9.17) is 10.5 Å². The highest BCUT2D eigenvalue weighted by Crippen LogP contribution is 2.33. The highest BCUT2D eigenvalue weighted by atomic mass is 16.5. The molecule has 1 aliphatic heterocycles. The predicted molar refractivity (Wildman–Crippen MR) is 70.4 cm³/mol. The Labute approximate surface area is 103 Å². The van der Waals surface area contributed by atoms with Crippen LogP contribution in [0, 0.1) is 5.41 Å². The van der Waals surface area contributed by atoms with Crippen molar-refractivity contribution in [3.05, 3.63) is 12.1 Å². The van der Waals surface area contributed by atoms with Gasteiger partial charge in [-0.2, -0.15) is 4.98 Å². The summed E-state index contributed by atoms with van der Waals surface area (Å²) in [6.07, 6.45) is 2.34. The van der Waals surface area contributed by atoms with E-state index in [-0.39, 0.29) is 0 Å². The Bertz CT molecular complexity index is 394. The van der Waals surface area contributed by atoms with E-state index in [1.807, 2.05) is 6.07 Å². The summed E-state index contributed by atoms with van der Waals surface area (Å²) in [5, 5.41) is 0. The molecule has 0 aliphatic carbocycles. The van der Waals surface area contributed by atoms with Gasteiger partial charge in [0.2, 0.25) is 5.88 Å². The molecule has 0 unspecified atom stereocenters. The molecule has 1 fully saturated rings. The molecule has 1 aromatic rings. The molecule has 0 radical (unpaired) electrons. The molecular formula is C13H21N3O. The number of piperidine rings is 1. The lowest BCUT2D eigenvalue weighted by Gasteiger charge is -2.37. The third-order valence-electron chi connectivity index (χ3n) is 3.51. The average molecular weight is 235 g/mol. The molecule has 17 heavy (non-hydrogen) atoms. The molecule has 0 atom stereocenters. The molecule has 0 saturated carbocycles. The summed E-state index contributed by atoms with van der Waals surface area (Å²) in [6, 6.07) is 3.66. The number of hydrogen-bond donors (Lipinski definition) is 1. The van der Waals surface area contributed by atoms with Crippen LogP contribution in [0.2, 0.25) is 0 Å². The molecule has 4 nitrogen and oxygen atoms in total. The monoisotopic (exact) mass is 235 g/mol. The SMILES string of the molecule is COc1ccc(N)c(N2CCC(C)(C)CC2)n1. The summed E-state index contributed by atoms with van der Waals surface area (Å²) in [4.78, 5) is 6.69. The van der Waals surface area contributed by atoms with Crippen LogP contribution in [0.25, 0.3) is 0 Å². The van der Waals surface area contributed by atoms with Gasteiger partial charge in [-0.25, -0.2) is 0 Å². The Kier molecular flexibility index (Phi) is 3.13. The molecule has 0 amide bonds. The van der Waals surface area contributed by atoms with Crippen molar-refractivity contribution in [3.8, 4) is 5.88 Å². The maximum absolute atomic E-state index is 5.98. The van der Waals surface area contributed by atoms with Gasteiger partial charge in [0.1, 0.15) is 0 Å². The van der Waals surface area contributed by atoms with E-state index in [2.05, 4.69) is 23.7 Å². The van der Waals surface area contributed by atoms with Crippen molar-refractivity contribution < 1.29 is 4.74 Å². The summed E-state index contributed by atoms with van der Waals surface area (Å²) in [7, 11) is 1.63. The van der Waals surface area contributed by atoms with Gasteiger partial charge in [-0.05, 0) is 24.3 Å². The van der Waals surface area contributed by atoms with Gasteiger partial charge < -0.3 is 15.4 Å². The van der Waals surface area contributed by atoms with E-state index >= 15 is 0 Å². The van der Waals surface area contributed by atoms with E-state index < -0.39 is 0 Å². The number of methoxy groups -OCH3 is 1. The third-order valence-corrected chi connectivity index (χ3v) is 3.51. The zero-order chi connectivity index (χ0) is 12.5. The first-order valence-corrected chi connectivity index (χ1v) is 6.07. The number of nitrogen functional groups attached to an aromatic ring is 1. The van der Waals surface area contributed by atoms with E-state index in [0.29, 0.717) is 11.3 Å². The fourth-order valence-corrected chi connectivity index (χ4v) is 2.13. The first kappa shape index (κ1) is 12.0. The fourth-order valence-electron chi connectivity index (χ4n) is 2.13. The summed E-state index contributed by atoms with van der Waals surface area (Å²) in [5.41, 5.74) is 7.14. The summed E-state index contributed by atoms with van der Waals surface area (Å²) in [6.45, 7) is 6.65. The minimum absolute atomic E-state index is 0.435. The lowest BCUT2D eigenvalue weighted by Crippen LogP contribution is -2.38. The topological polar surface area (TPSA) is 51.4 Å². The lowest BCUT2D eigenvalue weighted by molar-refractivity contribution is 0.279. The van der Waals surface area contributed by atoms with E-state index in [1.54, 1.807) is 13.2 Å². The van der Waals surface area contributed by atoms with Crippen molar-refractivity contribution in [2.24, 2.45) is 5.41 Å². The number of anilines is 2. The van der Waals surface area contributed by atoms with Gasteiger partial charge in [0.15, 0.2) is 5.82 Å². The average Bonchev–Trinajstić information content (AvgIpc) is 2.30. The van der Waals surface area contributed by atoms with Crippen LogP contribution in [0.5, 0.6) is 5.88 Å². The molecule has 0 aromatic carbocycles. The molecular weight excluding hydrogens is 214 g/mol. The number of rotatable bonds is 2. The Balaban J connectivity index is 2.17. The van der Waals surface area contributed by atoms with Gasteiger partial charge in [0.05, 0.1) is 12.8 Å². The Hall–Kier alpha value is -1.45. The second-order valence-electron chi connectivity index (χ2n) is 5.42. The second kappa shape index (κ2) is 4.43. The highest BCUT2D eigenvalue weighted by molar-refractivity contribution is 5.63. The number of aromatic nitrogens is 1. The molecule has 2 N–H and O–H groups in total. The minimum Gasteiger partial charge on any atom is -0.481 e. The van der Waals surface area contributed by atoms with Crippen LogP contribution in [-0.2, 0) is 0 Å². The predicted octanol–water partition coefficient (Wildman–Crippen LogP) is 2.30. The zero-order valence-electron chi connectivity index (χ0n) is 10.9. The summed E-state index contributed by atoms with van der Waals surface area (Å²) in [5.74, 6) is 1.49. The van der Waals surface area contributed by atoms with Crippen molar-refractivity contribution in [2.75, 3.05) is 30.8 Å². The van der Waals surface area contributed by atoms with Crippen molar-refractivity contribution >= 4 is 11.5 Å².